The molecular weight excluding hydrogens is 348 g/mol. The molecule has 1 aromatic carbocycles. The highest BCUT2D eigenvalue weighted by Crippen LogP contribution is 2.40. The lowest BCUT2D eigenvalue weighted by Crippen LogP contribution is -2.48. The third-order valence-corrected chi connectivity index (χ3v) is 5.80. The van der Waals surface area contributed by atoms with Gasteiger partial charge in [-0.3, -0.25) is 0 Å². The molecule has 28 heavy (non-hydrogen) atoms. The number of rotatable bonds is 5. The summed E-state index contributed by atoms with van der Waals surface area (Å²) in [7, 11) is 0. The van der Waals surface area contributed by atoms with E-state index in [0.717, 1.165) is 25.9 Å². The van der Waals surface area contributed by atoms with E-state index in [-0.39, 0.29) is 12.1 Å². The second-order valence-corrected chi connectivity index (χ2v) is 9.42. The van der Waals surface area contributed by atoms with Crippen LogP contribution >= 0.6 is 0 Å². The fourth-order valence-corrected chi connectivity index (χ4v) is 4.66. The summed E-state index contributed by atoms with van der Waals surface area (Å²) in [6.45, 7) is 9.66. The average Bonchev–Trinajstić information content (AvgIpc) is 2.99. The van der Waals surface area contributed by atoms with Gasteiger partial charge in [0.15, 0.2) is 0 Å². The monoisotopic (exact) mass is 384 g/mol. The second-order valence-electron chi connectivity index (χ2n) is 9.42. The molecule has 2 aliphatic rings. The quantitative estimate of drug-likeness (QED) is 0.754. The van der Waals surface area contributed by atoms with Crippen molar-refractivity contribution >= 4 is 12.2 Å². The van der Waals surface area contributed by atoms with Gasteiger partial charge in [0.2, 0.25) is 0 Å². The normalized spacial score (nSPS) is 25.5. The summed E-state index contributed by atoms with van der Waals surface area (Å²) in [5, 5.41) is 3.59. The Kier molecular flexibility index (Phi) is 6.82. The van der Waals surface area contributed by atoms with Gasteiger partial charge in [-0.15, -0.1) is 0 Å². The van der Waals surface area contributed by atoms with Crippen LogP contribution in [0.5, 0.6) is 0 Å². The van der Waals surface area contributed by atoms with E-state index in [1.165, 1.54) is 30.4 Å². The maximum Gasteiger partial charge on any atom is 0.410 e. The van der Waals surface area contributed by atoms with E-state index in [1.807, 2.05) is 26.8 Å². The van der Waals surface area contributed by atoms with Gasteiger partial charge in [-0.05, 0) is 58.4 Å². The van der Waals surface area contributed by atoms with Crippen LogP contribution in [0, 0.1) is 5.92 Å². The summed E-state index contributed by atoms with van der Waals surface area (Å²) in [4.78, 5) is 15.0. The summed E-state index contributed by atoms with van der Waals surface area (Å²) in [6, 6.07) is 11.0. The zero-order chi connectivity index (χ0) is 20.1. The van der Waals surface area contributed by atoms with Gasteiger partial charge < -0.3 is 15.0 Å². The number of hydrogen-bond acceptors (Lipinski definition) is 3. The Morgan fingerprint density at radius 1 is 1.21 bits per heavy atom. The third kappa shape index (κ3) is 5.60. The predicted octanol–water partition coefficient (Wildman–Crippen LogP) is 5.25. The van der Waals surface area contributed by atoms with Crippen LogP contribution in [0.15, 0.2) is 35.9 Å². The largest absolute Gasteiger partial charge is 0.444 e. The van der Waals surface area contributed by atoms with Crippen molar-refractivity contribution in [2.24, 2.45) is 5.92 Å². The molecule has 1 N–H and O–H groups in total. The van der Waals surface area contributed by atoms with Crippen molar-refractivity contribution < 1.29 is 9.53 Å². The summed E-state index contributed by atoms with van der Waals surface area (Å²) < 4.78 is 5.76. The van der Waals surface area contributed by atoms with E-state index in [2.05, 4.69) is 47.5 Å². The Hall–Kier alpha value is -1.81. The number of nitrogens with zero attached hydrogens (tertiary/aromatic N) is 1. The van der Waals surface area contributed by atoms with Crippen molar-refractivity contribution in [3.05, 3.63) is 41.5 Å². The highest BCUT2D eigenvalue weighted by molar-refractivity contribution is 5.69. The van der Waals surface area contributed by atoms with Gasteiger partial charge in [0.1, 0.15) is 5.60 Å². The molecule has 0 aromatic heterocycles. The molecule has 4 nitrogen and oxygen atoms in total. The third-order valence-electron chi connectivity index (χ3n) is 5.80. The van der Waals surface area contributed by atoms with E-state index < -0.39 is 5.60 Å². The zero-order valence-electron chi connectivity index (χ0n) is 17.9. The summed E-state index contributed by atoms with van der Waals surface area (Å²) >= 11 is 0. The molecule has 3 rings (SSSR count). The van der Waals surface area contributed by atoms with Gasteiger partial charge in [-0.25, -0.2) is 4.79 Å². The molecule has 0 bridgehead atoms. The molecule has 3 atom stereocenters. The number of fused-ring (bicyclic) bond motifs is 1. The first-order valence-corrected chi connectivity index (χ1v) is 10.8. The molecule has 1 unspecified atom stereocenters. The highest BCUT2D eigenvalue weighted by Gasteiger charge is 2.45. The van der Waals surface area contributed by atoms with Crippen LogP contribution < -0.4 is 5.32 Å². The Morgan fingerprint density at radius 3 is 2.64 bits per heavy atom. The molecule has 4 heteroatoms. The summed E-state index contributed by atoms with van der Waals surface area (Å²) in [5.74, 6) is 0.633. The molecule has 1 saturated heterocycles. The second kappa shape index (κ2) is 9.13. The van der Waals surface area contributed by atoms with E-state index in [1.54, 1.807) is 0 Å². The number of ether oxygens (including phenoxy) is 1. The number of nitrogens with one attached hydrogen (secondary N) is 1. The lowest BCUT2D eigenvalue weighted by molar-refractivity contribution is 0.0105. The van der Waals surface area contributed by atoms with E-state index in [4.69, 9.17) is 4.74 Å². The van der Waals surface area contributed by atoms with Crippen molar-refractivity contribution in [1.29, 1.82) is 0 Å². The number of benzene rings is 1. The molecule has 0 radical (unpaired) electrons. The molecule has 1 aliphatic heterocycles. The van der Waals surface area contributed by atoms with Gasteiger partial charge in [0.05, 0.1) is 0 Å². The van der Waals surface area contributed by atoms with Crippen molar-refractivity contribution in [2.45, 2.75) is 77.5 Å². The molecule has 2 fully saturated rings. The van der Waals surface area contributed by atoms with Crippen LogP contribution in [0.25, 0.3) is 6.08 Å². The minimum absolute atomic E-state index is 0.134. The zero-order valence-corrected chi connectivity index (χ0v) is 17.9. The van der Waals surface area contributed by atoms with Gasteiger partial charge in [0, 0.05) is 25.2 Å². The average molecular weight is 385 g/mol. The van der Waals surface area contributed by atoms with Gasteiger partial charge in [-0.1, -0.05) is 54.8 Å². The van der Waals surface area contributed by atoms with Gasteiger partial charge >= 0.3 is 6.09 Å². The number of carbonyl (C=O) groups excluding carboxylic acids is 1. The standard InChI is InChI=1S/C24H36N2O2/c1-18(14-19-10-6-5-7-11-19)16-25-17-21-15-20-12-8-9-13-22(20)26(21)23(27)28-24(2,3)4/h5-7,10-11,14,20-22,25H,8-9,12-13,15-17H2,1-4H3/b18-14+/t20-,21?,22-/m0/s1. The fourth-order valence-electron chi connectivity index (χ4n) is 4.66. The van der Waals surface area contributed by atoms with Crippen LogP contribution in [0.2, 0.25) is 0 Å². The first-order chi connectivity index (χ1) is 13.3. The summed E-state index contributed by atoms with van der Waals surface area (Å²) in [5.41, 5.74) is 2.08. The van der Waals surface area contributed by atoms with Crippen LogP contribution in [0.3, 0.4) is 0 Å². The maximum absolute atomic E-state index is 12.9. The SMILES string of the molecule is C/C(=C\c1ccccc1)CNCC1C[C@@H]2CCCC[C@@H]2N1C(=O)OC(C)(C)C. The number of likely N-dealkylation sites (tertiary alicyclic amines) is 1. The van der Waals surface area contributed by atoms with E-state index in [0.29, 0.717) is 12.0 Å². The minimum Gasteiger partial charge on any atom is -0.444 e. The molecule has 1 saturated carbocycles. The maximum atomic E-state index is 12.9. The molecule has 1 heterocycles. The smallest absolute Gasteiger partial charge is 0.410 e. The Labute approximate surface area is 170 Å². The van der Waals surface area contributed by atoms with Crippen molar-refractivity contribution in [1.82, 2.24) is 10.2 Å². The molecular formula is C24H36N2O2. The minimum atomic E-state index is -0.448. The Bertz CT molecular complexity index is 678. The molecule has 1 amide bonds. The van der Waals surface area contributed by atoms with Crippen LogP contribution in [-0.2, 0) is 4.74 Å². The number of hydrogen-bond donors (Lipinski definition) is 1. The van der Waals surface area contributed by atoms with Crippen LogP contribution in [0.4, 0.5) is 4.79 Å². The lowest BCUT2D eigenvalue weighted by atomic mass is 9.85. The van der Waals surface area contributed by atoms with Crippen molar-refractivity contribution in [3.8, 4) is 0 Å². The Morgan fingerprint density at radius 2 is 1.93 bits per heavy atom. The highest BCUT2D eigenvalue weighted by atomic mass is 16.6. The first-order valence-electron chi connectivity index (χ1n) is 10.8. The van der Waals surface area contributed by atoms with Crippen molar-refractivity contribution in [3.63, 3.8) is 0 Å². The number of amides is 1. The van der Waals surface area contributed by atoms with Gasteiger partial charge in [0.25, 0.3) is 0 Å². The Balaban J connectivity index is 1.60. The first kappa shape index (κ1) is 20.9. The topological polar surface area (TPSA) is 41.6 Å². The summed E-state index contributed by atoms with van der Waals surface area (Å²) in [6.07, 6.45) is 8.05. The number of carbonyl (C=O) groups is 1. The predicted molar refractivity (Wildman–Crippen MR) is 115 cm³/mol. The molecule has 1 aliphatic carbocycles. The molecule has 0 spiro atoms. The lowest BCUT2D eigenvalue weighted by Gasteiger charge is -2.35. The van der Waals surface area contributed by atoms with E-state index in [9.17, 15) is 4.79 Å². The van der Waals surface area contributed by atoms with Crippen LogP contribution in [-0.4, -0.2) is 41.8 Å². The van der Waals surface area contributed by atoms with E-state index >= 15 is 0 Å². The van der Waals surface area contributed by atoms with Gasteiger partial charge in [-0.2, -0.15) is 0 Å². The molecule has 1 aromatic rings. The fraction of sp³-hybridized carbons (Fsp3) is 0.625. The van der Waals surface area contributed by atoms with Crippen LogP contribution in [0.1, 0.15) is 65.4 Å². The molecule has 154 valence electrons. The van der Waals surface area contributed by atoms with Crippen molar-refractivity contribution in [2.75, 3.05) is 13.1 Å².